The molecule has 0 aromatic carbocycles. The molecule has 0 heterocycles. The molecule has 3 N–H and O–H groups in total. The van der Waals surface area contributed by atoms with Crippen LogP contribution in [0.15, 0.2) is 0 Å². The zero-order valence-electron chi connectivity index (χ0n) is 9.54. The van der Waals surface area contributed by atoms with Crippen LogP contribution in [0, 0.1) is 0 Å². The van der Waals surface area contributed by atoms with E-state index in [9.17, 15) is 4.79 Å². The molecular formula is C10H22N2OS. The lowest BCUT2D eigenvalue weighted by Crippen LogP contribution is -2.36. The highest BCUT2D eigenvalue weighted by Crippen LogP contribution is 2.12. The molecule has 0 fully saturated rings. The number of hydrogen-bond acceptors (Lipinski definition) is 3. The molecule has 2 atom stereocenters. The topological polar surface area (TPSA) is 55.1 Å². The highest BCUT2D eigenvalue weighted by molar-refractivity contribution is 8.00. The number of thioether (sulfide) groups is 1. The van der Waals surface area contributed by atoms with Gasteiger partial charge in [0.2, 0.25) is 5.91 Å². The van der Waals surface area contributed by atoms with Gasteiger partial charge in [-0.05, 0) is 39.9 Å². The molecule has 0 spiro atoms. The Morgan fingerprint density at radius 3 is 2.36 bits per heavy atom. The minimum Gasteiger partial charge on any atom is -0.353 e. The van der Waals surface area contributed by atoms with E-state index in [1.54, 1.807) is 11.8 Å². The number of carbonyl (C=O) groups is 1. The summed E-state index contributed by atoms with van der Waals surface area (Å²) in [6, 6.07) is 0.446. The van der Waals surface area contributed by atoms with Crippen molar-refractivity contribution in [2.24, 2.45) is 5.73 Å². The maximum atomic E-state index is 11.5. The third kappa shape index (κ3) is 7.21. The first-order valence-electron chi connectivity index (χ1n) is 5.11. The van der Waals surface area contributed by atoms with Crippen LogP contribution in [0.25, 0.3) is 0 Å². The van der Waals surface area contributed by atoms with Crippen molar-refractivity contribution < 1.29 is 4.79 Å². The maximum Gasteiger partial charge on any atom is 0.233 e. The van der Waals surface area contributed by atoms with E-state index in [2.05, 4.69) is 5.32 Å². The first-order chi connectivity index (χ1) is 6.43. The van der Waals surface area contributed by atoms with Crippen molar-refractivity contribution in [2.45, 2.75) is 51.4 Å². The summed E-state index contributed by atoms with van der Waals surface area (Å²) < 4.78 is 0. The second-order valence-electron chi connectivity index (χ2n) is 3.94. The van der Waals surface area contributed by atoms with Gasteiger partial charge in [-0.15, -0.1) is 11.8 Å². The van der Waals surface area contributed by atoms with Crippen LogP contribution in [0.5, 0.6) is 0 Å². The van der Waals surface area contributed by atoms with Gasteiger partial charge in [0.25, 0.3) is 0 Å². The van der Waals surface area contributed by atoms with Crippen molar-refractivity contribution >= 4 is 17.7 Å². The van der Waals surface area contributed by atoms with E-state index in [1.165, 1.54) is 0 Å². The van der Waals surface area contributed by atoms with Gasteiger partial charge in [0.1, 0.15) is 0 Å². The van der Waals surface area contributed by atoms with E-state index in [4.69, 9.17) is 5.73 Å². The molecule has 0 rings (SSSR count). The molecule has 3 nitrogen and oxygen atoms in total. The molecule has 0 aromatic heterocycles. The van der Waals surface area contributed by atoms with E-state index in [-0.39, 0.29) is 23.2 Å². The number of nitrogens with two attached hydrogens (primary N) is 1. The molecule has 2 unspecified atom stereocenters. The number of carbonyl (C=O) groups excluding carboxylic acids is 1. The smallest absolute Gasteiger partial charge is 0.233 e. The van der Waals surface area contributed by atoms with Gasteiger partial charge in [-0.3, -0.25) is 4.79 Å². The van der Waals surface area contributed by atoms with Crippen molar-refractivity contribution in [3.05, 3.63) is 0 Å². The van der Waals surface area contributed by atoms with Gasteiger partial charge in [0.15, 0.2) is 0 Å². The van der Waals surface area contributed by atoms with Crippen LogP contribution in [0.2, 0.25) is 0 Å². The third-order valence-corrected chi connectivity index (χ3v) is 2.93. The second kappa shape index (κ2) is 7.12. The van der Waals surface area contributed by atoms with Gasteiger partial charge in [-0.2, -0.15) is 0 Å². The molecule has 1 amide bonds. The molecule has 14 heavy (non-hydrogen) atoms. The van der Waals surface area contributed by atoms with E-state index in [0.29, 0.717) is 0 Å². The predicted molar refractivity (Wildman–Crippen MR) is 63.5 cm³/mol. The Bertz CT molecular complexity index is 172. The maximum absolute atomic E-state index is 11.5. The van der Waals surface area contributed by atoms with Crippen molar-refractivity contribution in [3.63, 3.8) is 0 Å². The van der Waals surface area contributed by atoms with Crippen LogP contribution in [0.4, 0.5) is 0 Å². The van der Waals surface area contributed by atoms with Crippen molar-refractivity contribution in [1.82, 2.24) is 5.32 Å². The van der Waals surface area contributed by atoms with Gasteiger partial charge in [-0.1, -0.05) is 0 Å². The quantitative estimate of drug-likeness (QED) is 0.708. The zero-order chi connectivity index (χ0) is 11.1. The summed E-state index contributed by atoms with van der Waals surface area (Å²) in [5, 5.41) is 2.91. The third-order valence-electron chi connectivity index (χ3n) is 1.74. The van der Waals surface area contributed by atoms with Crippen LogP contribution in [0.3, 0.4) is 0 Å². The Balaban J connectivity index is 3.62. The Labute approximate surface area is 91.2 Å². The van der Waals surface area contributed by atoms with E-state index >= 15 is 0 Å². The Kier molecular flexibility index (Phi) is 7.01. The van der Waals surface area contributed by atoms with Crippen LogP contribution >= 0.6 is 11.8 Å². The molecule has 84 valence electrons. The molecule has 0 saturated heterocycles. The normalized spacial score (nSPS) is 15.3. The SMILES string of the molecule is CC(N)CCSC(C)C(=O)NC(C)C. The summed E-state index contributed by atoms with van der Waals surface area (Å²) in [7, 11) is 0. The van der Waals surface area contributed by atoms with Gasteiger partial charge >= 0.3 is 0 Å². The van der Waals surface area contributed by atoms with Gasteiger partial charge in [0.05, 0.1) is 5.25 Å². The standard InChI is InChI=1S/C10H22N2OS/c1-7(2)12-10(13)9(4)14-6-5-8(3)11/h7-9H,5-6,11H2,1-4H3,(H,12,13). The minimum atomic E-state index is 0.0242. The van der Waals surface area contributed by atoms with Crippen molar-refractivity contribution in [3.8, 4) is 0 Å². The summed E-state index contributed by atoms with van der Waals surface area (Å²) in [5.74, 6) is 1.07. The molecule has 0 saturated carbocycles. The highest BCUT2D eigenvalue weighted by atomic mass is 32.2. The van der Waals surface area contributed by atoms with Gasteiger partial charge in [-0.25, -0.2) is 0 Å². The van der Waals surface area contributed by atoms with Crippen molar-refractivity contribution in [2.75, 3.05) is 5.75 Å². The molecule has 0 bridgehead atoms. The van der Waals surface area contributed by atoms with Crippen molar-refractivity contribution in [1.29, 1.82) is 0 Å². The lowest BCUT2D eigenvalue weighted by molar-refractivity contribution is -0.120. The Morgan fingerprint density at radius 2 is 1.93 bits per heavy atom. The minimum absolute atomic E-state index is 0.0242. The average Bonchev–Trinajstić information content (AvgIpc) is 2.01. The van der Waals surface area contributed by atoms with E-state index in [0.717, 1.165) is 12.2 Å². The average molecular weight is 218 g/mol. The summed E-state index contributed by atoms with van der Waals surface area (Å²) in [5.41, 5.74) is 5.62. The molecule has 0 aliphatic heterocycles. The molecule has 0 aliphatic rings. The van der Waals surface area contributed by atoms with Crippen LogP contribution < -0.4 is 11.1 Å². The van der Waals surface area contributed by atoms with E-state index in [1.807, 2.05) is 27.7 Å². The van der Waals surface area contributed by atoms with Gasteiger partial charge in [0, 0.05) is 12.1 Å². The zero-order valence-corrected chi connectivity index (χ0v) is 10.4. The summed E-state index contributed by atoms with van der Waals surface area (Å²) in [4.78, 5) is 11.5. The lowest BCUT2D eigenvalue weighted by Gasteiger charge is -2.14. The first-order valence-corrected chi connectivity index (χ1v) is 6.16. The predicted octanol–water partition coefficient (Wildman–Crippen LogP) is 1.37. The van der Waals surface area contributed by atoms with Crippen LogP contribution in [0.1, 0.15) is 34.1 Å². The fourth-order valence-electron chi connectivity index (χ4n) is 0.908. The molecule has 0 aromatic rings. The Morgan fingerprint density at radius 1 is 1.36 bits per heavy atom. The Hall–Kier alpha value is -0.220. The number of amides is 1. The highest BCUT2D eigenvalue weighted by Gasteiger charge is 2.13. The molecular weight excluding hydrogens is 196 g/mol. The fraction of sp³-hybridized carbons (Fsp3) is 0.900. The molecule has 0 aliphatic carbocycles. The summed E-state index contributed by atoms with van der Waals surface area (Å²) in [6.07, 6.45) is 0.962. The second-order valence-corrected chi connectivity index (χ2v) is 5.39. The van der Waals surface area contributed by atoms with Gasteiger partial charge < -0.3 is 11.1 Å². The monoisotopic (exact) mass is 218 g/mol. The van der Waals surface area contributed by atoms with E-state index < -0.39 is 0 Å². The number of nitrogens with one attached hydrogen (secondary N) is 1. The van der Waals surface area contributed by atoms with Crippen LogP contribution in [-0.2, 0) is 4.79 Å². The summed E-state index contributed by atoms with van der Waals surface area (Å²) >= 11 is 1.66. The largest absolute Gasteiger partial charge is 0.353 e. The summed E-state index contributed by atoms with van der Waals surface area (Å²) in [6.45, 7) is 7.86. The molecule has 4 heteroatoms. The number of rotatable bonds is 6. The van der Waals surface area contributed by atoms with Crippen LogP contribution in [-0.4, -0.2) is 29.0 Å². The first kappa shape index (κ1) is 13.8. The number of hydrogen-bond donors (Lipinski definition) is 2. The fourth-order valence-corrected chi connectivity index (χ4v) is 1.99. The lowest BCUT2D eigenvalue weighted by atomic mass is 10.3. The molecule has 0 radical (unpaired) electrons.